The molecule has 228 valence electrons. The molecule has 0 unspecified atom stereocenters. The van der Waals surface area contributed by atoms with Crippen molar-refractivity contribution in [1.29, 1.82) is 0 Å². The highest BCUT2D eigenvalue weighted by Crippen LogP contribution is 2.26. The molecule has 0 amide bonds. The first kappa shape index (κ1) is 34.2. The lowest BCUT2D eigenvalue weighted by Gasteiger charge is -2.27. The van der Waals surface area contributed by atoms with E-state index in [9.17, 15) is 4.79 Å². The third kappa shape index (κ3) is 16.3. The van der Waals surface area contributed by atoms with Crippen molar-refractivity contribution < 1.29 is 19.0 Å². The number of rotatable bonds is 21. The summed E-state index contributed by atoms with van der Waals surface area (Å²) < 4.78 is 26.0. The summed E-state index contributed by atoms with van der Waals surface area (Å²) in [4.78, 5) is 14.7. The highest BCUT2D eigenvalue weighted by Gasteiger charge is 2.23. The SMILES string of the molecule is CCCCC/C=C\C/C=C\CCCCCCCC(=O)O[C@@H](CNC(C)(C)C)COc1nsnc1N1CCOCC1. The van der Waals surface area contributed by atoms with Gasteiger partial charge < -0.3 is 24.4 Å². The summed E-state index contributed by atoms with van der Waals surface area (Å²) in [6.45, 7) is 12.1. The molecule has 8 nitrogen and oxygen atoms in total. The van der Waals surface area contributed by atoms with Gasteiger partial charge in [0.05, 0.1) is 24.9 Å². The molecule has 1 N–H and O–H groups in total. The minimum atomic E-state index is -0.399. The standard InChI is InChI=1S/C31H54N4O4S/c1-5-6-7-8-9-10-11-12-13-14-15-16-17-18-19-20-28(36)39-27(25-32-31(2,3)4)26-38-30-29(33-40-34-30)35-21-23-37-24-22-35/h9-10,12-13,27,32H,5-8,11,14-26H2,1-4H3/b10-9-,13-12-/t27-/m0/s1. The summed E-state index contributed by atoms with van der Waals surface area (Å²) in [5.74, 6) is 1.07. The Hall–Kier alpha value is -1.97. The second-order valence-electron chi connectivity index (χ2n) is 11.5. The fraction of sp³-hybridized carbons (Fsp3) is 0.774. The molecule has 1 atom stereocenters. The Bertz CT molecular complexity index is 847. The van der Waals surface area contributed by atoms with Gasteiger partial charge in [0.25, 0.3) is 5.88 Å². The second-order valence-corrected chi connectivity index (χ2v) is 12.1. The van der Waals surface area contributed by atoms with E-state index >= 15 is 0 Å². The van der Waals surface area contributed by atoms with Crippen molar-refractivity contribution in [2.24, 2.45) is 0 Å². The van der Waals surface area contributed by atoms with E-state index in [1.165, 1.54) is 38.5 Å². The van der Waals surface area contributed by atoms with E-state index < -0.39 is 6.10 Å². The van der Waals surface area contributed by atoms with Crippen LogP contribution in [-0.2, 0) is 14.3 Å². The lowest BCUT2D eigenvalue weighted by atomic mass is 10.1. The number of morpholine rings is 1. The molecule has 0 bridgehead atoms. The zero-order valence-corrected chi connectivity index (χ0v) is 26.3. The normalized spacial score (nSPS) is 15.2. The summed E-state index contributed by atoms with van der Waals surface area (Å²) in [7, 11) is 0. The Kier molecular flexibility index (Phi) is 17.8. The van der Waals surface area contributed by atoms with Crippen molar-refractivity contribution in [3.8, 4) is 5.88 Å². The van der Waals surface area contributed by atoms with Gasteiger partial charge in [-0.3, -0.25) is 4.79 Å². The van der Waals surface area contributed by atoms with Crippen molar-refractivity contribution in [1.82, 2.24) is 14.1 Å². The number of nitrogens with zero attached hydrogens (tertiary/aromatic N) is 3. The predicted octanol–water partition coefficient (Wildman–Crippen LogP) is 6.87. The van der Waals surface area contributed by atoms with Gasteiger partial charge in [-0.1, -0.05) is 63.3 Å². The Morgan fingerprint density at radius 2 is 1.68 bits per heavy atom. The second kappa shape index (κ2) is 20.8. The summed E-state index contributed by atoms with van der Waals surface area (Å²) in [6.07, 6.45) is 22.0. The minimum Gasteiger partial charge on any atom is -0.470 e. The Morgan fingerprint density at radius 1 is 1.00 bits per heavy atom. The van der Waals surface area contributed by atoms with Gasteiger partial charge in [-0.05, 0) is 59.3 Å². The first-order chi connectivity index (χ1) is 19.4. The van der Waals surface area contributed by atoms with E-state index in [0.29, 0.717) is 32.1 Å². The van der Waals surface area contributed by atoms with Crippen LogP contribution >= 0.6 is 11.7 Å². The summed E-state index contributed by atoms with van der Waals surface area (Å²) in [5, 5.41) is 3.43. The van der Waals surface area contributed by atoms with Gasteiger partial charge in [-0.15, -0.1) is 4.37 Å². The fourth-order valence-electron chi connectivity index (χ4n) is 4.29. The third-order valence-corrected chi connectivity index (χ3v) is 7.15. The number of hydrogen-bond donors (Lipinski definition) is 1. The van der Waals surface area contributed by atoms with Crippen LogP contribution in [0, 0.1) is 0 Å². The lowest BCUT2D eigenvalue weighted by molar-refractivity contribution is -0.150. The van der Waals surface area contributed by atoms with E-state index in [4.69, 9.17) is 14.2 Å². The Labute approximate surface area is 247 Å². The van der Waals surface area contributed by atoms with Crippen LogP contribution in [0.1, 0.15) is 105 Å². The highest BCUT2D eigenvalue weighted by molar-refractivity contribution is 6.99. The molecular weight excluding hydrogens is 524 g/mol. The highest BCUT2D eigenvalue weighted by atomic mass is 32.1. The number of esters is 1. The van der Waals surface area contributed by atoms with Crippen LogP contribution in [0.25, 0.3) is 0 Å². The molecule has 1 fully saturated rings. The van der Waals surface area contributed by atoms with E-state index in [1.807, 2.05) is 0 Å². The molecule has 1 saturated heterocycles. The van der Waals surface area contributed by atoms with Crippen LogP contribution in [0.4, 0.5) is 5.82 Å². The summed E-state index contributed by atoms with van der Waals surface area (Å²) >= 11 is 1.13. The molecule has 1 aromatic heterocycles. The summed E-state index contributed by atoms with van der Waals surface area (Å²) in [6, 6.07) is 0. The molecule has 40 heavy (non-hydrogen) atoms. The molecule has 1 aromatic rings. The van der Waals surface area contributed by atoms with E-state index in [1.54, 1.807) is 0 Å². The average Bonchev–Trinajstić information content (AvgIpc) is 3.41. The number of anilines is 1. The molecule has 9 heteroatoms. The van der Waals surface area contributed by atoms with Crippen LogP contribution in [0.2, 0.25) is 0 Å². The molecule has 0 aliphatic carbocycles. The van der Waals surface area contributed by atoms with Crippen molar-refractivity contribution in [3.05, 3.63) is 24.3 Å². The molecule has 1 aliphatic heterocycles. The molecule has 2 heterocycles. The van der Waals surface area contributed by atoms with Gasteiger partial charge in [0.1, 0.15) is 12.7 Å². The van der Waals surface area contributed by atoms with E-state index in [-0.39, 0.29) is 18.1 Å². The minimum absolute atomic E-state index is 0.0913. The van der Waals surface area contributed by atoms with Gasteiger partial charge in [-0.25, -0.2) is 0 Å². The zero-order chi connectivity index (χ0) is 28.9. The van der Waals surface area contributed by atoms with Gasteiger partial charge in [-0.2, -0.15) is 4.37 Å². The van der Waals surface area contributed by atoms with Crippen LogP contribution in [0.15, 0.2) is 24.3 Å². The number of unbranched alkanes of at least 4 members (excludes halogenated alkanes) is 8. The van der Waals surface area contributed by atoms with Crippen molar-refractivity contribution in [2.45, 2.75) is 116 Å². The fourth-order valence-corrected chi connectivity index (χ4v) is 4.81. The lowest BCUT2D eigenvalue weighted by Crippen LogP contribution is -2.44. The maximum atomic E-state index is 12.6. The van der Waals surface area contributed by atoms with Crippen molar-refractivity contribution >= 4 is 23.5 Å². The van der Waals surface area contributed by atoms with Crippen LogP contribution in [-0.4, -0.2) is 65.8 Å². The molecule has 2 rings (SSSR count). The first-order valence-corrected chi connectivity index (χ1v) is 16.1. The number of allylic oxidation sites excluding steroid dienone is 4. The number of aromatic nitrogens is 2. The molecule has 0 saturated carbocycles. The monoisotopic (exact) mass is 578 g/mol. The maximum absolute atomic E-state index is 12.6. The quantitative estimate of drug-likeness (QED) is 0.0961. The van der Waals surface area contributed by atoms with Crippen LogP contribution < -0.4 is 15.0 Å². The average molecular weight is 579 g/mol. The smallest absolute Gasteiger partial charge is 0.306 e. The van der Waals surface area contributed by atoms with Gasteiger partial charge in [0, 0.05) is 31.6 Å². The Balaban J connectivity index is 1.62. The van der Waals surface area contributed by atoms with E-state index in [2.05, 4.69) is 71.0 Å². The maximum Gasteiger partial charge on any atom is 0.306 e. The summed E-state index contributed by atoms with van der Waals surface area (Å²) in [5.41, 5.74) is -0.0913. The zero-order valence-electron chi connectivity index (χ0n) is 25.5. The number of ether oxygens (including phenoxy) is 3. The van der Waals surface area contributed by atoms with Crippen LogP contribution in [0.3, 0.4) is 0 Å². The molecule has 0 spiro atoms. The largest absolute Gasteiger partial charge is 0.470 e. The predicted molar refractivity (Wildman–Crippen MR) is 165 cm³/mol. The van der Waals surface area contributed by atoms with Crippen molar-refractivity contribution in [3.63, 3.8) is 0 Å². The van der Waals surface area contributed by atoms with Gasteiger partial charge >= 0.3 is 5.97 Å². The van der Waals surface area contributed by atoms with Gasteiger partial charge in [0.2, 0.25) is 5.82 Å². The Morgan fingerprint density at radius 3 is 2.38 bits per heavy atom. The number of carbonyl (C=O) groups excluding carboxylic acids is 1. The third-order valence-electron chi connectivity index (χ3n) is 6.65. The van der Waals surface area contributed by atoms with E-state index in [0.717, 1.165) is 62.7 Å². The molecule has 0 radical (unpaired) electrons. The number of carbonyl (C=O) groups is 1. The molecule has 0 aromatic carbocycles. The molecule has 1 aliphatic rings. The van der Waals surface area contributed by atoms with Gasteiger partial charge in [0.15, 0.2) is 0 Å². The van der Waals surface area contributed by atoms with Crippen molar-refractivity contribution in [2.75, 3.05) is 44.4 Å². The first-order valence-electron chi connectivity index (χ1n) is 15.4. The number of nitrogens with one attached hydrogen (secondary N) is 1. The molecular formula is C31H54N4O4S. The number of hydrogen-bond acceptors (Lipinski definition) is 9. The van der Waals surface area contributed by atoms with Crippen LogP contribution in [0.5, 0.6) is 5.88 Å². The topological polar surface area (TPSA) is 85.8 Å².